The quantitative estimate of drug-likeness (QED) is 0.374. The normalized spacial score (nSPS) is 11.1. The van der Waals surface area contributed by atoms with E-state index in [1.54, 1.807) is 17.4 Å². The number of allylic oxidation sites excluding steroid dienone is 1. The van der Waals surface area contributed by atoms with Crippen molar-refractivity contribution in [1.29, 1.82) is 0 Å². The fourth-order valence-corrected chi connectivity index (χ4v) is 4.05. The molecule has 0 atom stereocenters. The van der Waals surface area contributed by atoms with Gasteiger partial charge in [-0.2, -0.15) is 0 Å². The number of hydrogen-bond donors (Lipinski definition) is 0. The highest BCUT2D eigenvalue weighted by atomic mass is 32.1. The summed E-state index contributed by atoms with van der Waals surface area (Å²) in [5.74, 6) is 0. The number of thiophene rings is 1. The van der Waals surface area contributed by atoms with Crippen LogP contribution in [0.1, 0.15) is 5.56 Å². The minimum atomic E-state index is -0.281. The number of para-hydroxylation sites is 1. The van der Waals surface area contributed by atoms with E-state index in [-0.39, 0.29) is 5.63 Å². The Hall–Kier alpha value is -2.65. The summed E-state index contributed by atoms with van der Waals surface area (Å²) in [6, 6.07) is 18.1. The third kappa shape index (κ3) is 2.30. The molecule has 0 N–H and O–H groups in total. The van der Waals surface area contributed by atoms with E-state index in [9.17, 15) is 4.79 Å². The Morgan fingerprint density at radius 1 is 1.09 bits per heavy atom. The van der Waals surface area contributed by atoms with Crippen LogP contribution in [0.4, 0.5) is 0 Å². The van der Waals surface area contributed by atoms with Crippen molar-refractivity contribution in [2.75, 3.05) is 0 Å². The van der Waals surface area contributed by atoms with Gasteiger partial charge in [0.1, 0.15) is 5.58 Å². The van der Waals surface area contributed by atoms with Gasteiger partial charge in [0.15, 0.2) is 0 Å². The molecule has 2 aromatic carbocycles. The van der Waals surface area contributed by atoms with E-state index in [0.717, 1.165) is 15.8 Å². The van der Waals surface area contributed by atoms with Gasteiger partial charge in [0.2, 0.25) is 0 Å². The first-order chi connectivity index (χ1) is 11.3. The largest absolute Gasteiger partial charge is 0.422 e. The third-order valence-electron chi connectivity index (χ3n) is 3.93. The van der Waals surface area contributed by atoms with Gasteiger partial charge in [-0.1, -0.05) is 42.5 Å². The third-order valence-corrected chi connectivity index (χ3v) is 5.06. The zero-order valence-electron chi connectivity index (χ0n) is 12.4. The molecule has 2 aromatic heterocycles. The molecule has 0 aliphatic carbocycles. The molecule has 0 bridgehead atoms. The summed E-state index contributed by atoms with van der Waals surface area (Å²) < 4.78 is 6.70. The van der Waals surface area contributed by atoms with E-state index < -0.39 is 0 Å². The molecular weight excluding hydrogens is 304 g/mol. The van der Waals surface area contributed by atoms with Crippen LogP contribution in [0.3, 0.4) is 0 Å². The van der Waals surface area contributed by atoms with Gasteiger partial charge in [0.25, 0.3) is 0 Å². The van der Waals surface area contributed by atoms with Gasteiger partial charge in [-0.05, 0) is 30.0 Å². The first kappa shape index (κ1) is 14.0. The molecule has 0 amide bonds. The van der Waals surface area contributed by atoms with Gasteiger partial charge in [-0.15, -0.1) is 17.9 Å². The van der Waals surface area contributed by atoms with Crippen molar-refractivity contribution in [2.24, 2.45) is 0 Å². The Morgan fingerprint density at radius 3 is 2.70 bits per heavy atom. The molecule has 0 fully saturated rings. The van der Waals surface area contributed by atoms with Gasteiger partial charge in [0.05, 0.1) is 5.56 Å². The molecule has 0 saturated heterocycles. The van der Waals surface area contributed by atoms with Crippen molar-refractivity contribution >= 4 is 32.4 Å². The molecular formula is C20H14O2S. The van der Waals surface area contributed by atoms with E-state index in [1.807, 2.05) is 36.4 Å². The second kappa shape index (κ2) is 5.52. The fraction of sp³-hybridized carbons (Fsp3) is 0.0500. The summed E-state index contributed by atoms with van der Waals surface area (Å²) in [6.07, 6.45) is 2.24. The molecule has 2 heterocycles. The molecule has 3 heteroatoms. The second-order valence-electron chi connectivity index (χ2n) is 5.38. The minimum Gasteiger partial charge on any atom is -0.422 e. The summed E-state index contributed by atoms with van der Waals surface area (Å²) in [4.78, 5) is 13.5. The van der Waals surface area contributed by atoms with E-state index in [4.69, 9.17) is 4.42 Å². The smallest absolute Gasteiger partial charge is 0.340 e. The lowest BCUT2D eigenvalue weighted by atomic mass is 10.0. The maximum absolute atomic E-state index is 12.4. The van der Waals surface area contributed by atoms with Crippen LogP contribution in [0.5, 0.6) is 0 Å². The number of benzene rings is 2. The zero-order chi connectivity index (χ0) is 15.8. The van der Waals surface area contributed by atoms with Crippen molar-refractivity contribution in [1.82, 2.24) is 0 Å². The Labute approximate surface area is 137 Å². The lowest BCUT2D eigenvalue weighted by Gasteiger charge is -2.08. The molecule has 23 heavy (non-hydrogen) atoms. The monoisotopic (exact) mass is 318 g/mol. The minimum absolute atomic E-state index is 0.281. The lowest BCUT2D eigenvalue weighted by molar-refractivity contribution is 0.554. The first-order valence-electron chi connectivity index (χ1n) is 7.42. The van der Waals surface area contributed by atoms with Crippen molar-refractivity contribution in [3.8, 4) is 10.4 Å². The summed E-state index contributed by atoms with van der Waals surface area (Å²) in [5, 5.41) is 2.16. The SMILES string of the molecule is C=CCc1c(-c2cc3ccccc3s2)c2ccccc2oc1=O. The van der Waals surface area contributed by atoms with E-state index >= 15 is 0 Å². The van der Waals surface area contributed by atoms with Crippen LogP contribution >= 0.6 is 11.3 Å². The average molecular weight is 318 g/mol. The Kier molecular flexibility index (Phi) is 3.36. The maximum atomic E-state index is 12.4. The van der Waals surface area contributed by atoms with Gasteiger partial charge >= 0.3 is 5.63 Å². The Morgan fingerprint density at radius 2 is 1.87 bits per heavy atom. The predicted molar refractivity (Wildman–Crippen MR) is 97.2 cm³/mol. The molecule has 112 valence electrons. The summed E-state index contributed by atoms with van der Waals surface area (Å²) in [7, 11) is 0. The molecule has 0 spiro atoms. The van der Waals surface area contributed by atoms with Crippen LogP contribution in [-0.2, 0) is 6.42 Å². The molecule has 4 aromatic rings. The highest BCUT2D eigenvalue weighted by Crippen LogP contribution is 2.38. The topological polar surface area (TPSA) is 30.2 Å². The van der Waals surface area contributed by atoms with Crippen molar-refractivity contribution in [2.45, 2.75) is 6.42 Å². The van der Waals surface area contributed by atoms with Crippen molar-refractivity contribution in [3.63, 3.8) is 0 Å². The Balaban J connectivity index is 2.12. The maximum Gasteiger partial charge on any atom is 0.340 e. The van der Waals surface area contributed by atoms with Crippen LogP contribution in [0.15, 0.2) is 76.5 Å². The summed E-state index contributed by atoms with van der Waals surface area (Å²) in [5.41, 5.74) is 1.98. The standard InChI is InChI=1S/C20H14O2S/c1-2-7-15-19(14-9-4-5-10-16(14)22-20(15)21)18-12-13-8-3-6-11-17(13)23-18/h2-6,8-12H,1,7H2. The average Bonchev–Trinajstić information content (AvgIpc) is 2.99. The molecule has 0 aliphatic rings. The lowest BCUT2D eigenvalue weighted by Crippen LogP contribution is -2.08. The molecule has 0 radical (unpaired) electrons. The number of rotatable bonds is 3. The molecule has 4 rings (SSSR count). The highest BCUT2D eigenvalue weighted by Gasteiger charge is 2.17. The van der Waals surface area contributed by atoms with Gasteiger partial charge in [-0.3, -0.25) is 0 Å². The Bertz CT molecular complexity index is 1050. The van der Waals surface area contributed by atoms with Gasteiger partial charge < -0.3 is 4.42 Å². The number of fused-ring (bicyclic) bond motifs is 2. The summed E-state index contributed by atoms with van der Waals surface area (Å²) >= 11 is 1.70. The highest BCUT2D eigenvalue weighted by molar-refractivity contribution is 7.22. The van der Waals surface area contributed by atoms with Gasteiger partial charge in [-0.25, -0.2) is 4.79 Å². The van der Waals surface area contributed by atoms with Crippen LogP contribution in [0.25, 0.3) is 31.5 Å². The van der Waals surface area contributed by atoms with Gasteiger partial charge in [0, 0.05) is 20.5 Å². The fourth-order valence-electron chi connectivity index (χ4n) is 2.90. The zero-order valence-corrected chi connectivity index (χ0v) is 13.2. The summed E-state index contributed by atoms with van der Waals surface area (Å²) in [6.45, 7) is 3.78. The molecule has 2 nitrogen and oxygen atoms in total. The second-order valence-corrected chi connectivity index (χ2v) is 6.46. The number of hydrogen-bond acceptors (Lipinski definition) is 3. The van der Waals surface area contributed by atoms with Crippen LogP contribution in [0.2, 0.25) is 0 Å². The van der Waals surface area contributed by atoms with E-state index in [1.165, 1.54) is 10.1 Å². The molecule has 0 unspecified atom stereocenters. The molecule has 0 saturated carbocycles. The van der Waals surface area contributed by atoms with Crippen LogP contribution in [-0.4, -0.2) is 0 Å². The first-order valence-corrected chi connectivity index (χ1v) is 8.24. The van der Waals surface area contributed by atoms with Crippen LogP contribution in [0, 0.1) is 0 Å². The molecule has 0 aliphatic heterocycles. The van der Waals surface area contributed by atoms with E-state index in [0.29, 0.717) is 17.6 Å². The van der Waals surface area contributed by atoms with Crippen molar-refractivity contribution < 1.29 is 4.42 Å². The predicted octanol–water partition coefficient (Wildman–Crippen LogP) is 5.40. The van der Waals surface area contributed by atoms with Crippen LogP contribution < -0.4 is 5.63 Å². The van der Waals surface area contributed by atoms with Crippen molar-refractivity contribution in [3.05, 3.63) is 83.2 Å². The van der Waals surface area contributed by atoms with E-state index in [2.05, 4.69) is 24.8 Å².